The third-order valence-electron chi connectivity index (χ3n) is 1.62. The maximum atomic E-state index is 13.1. The lowest BCUT2D eigenvalue weighted by Gasteiger charge is -2.00. The van der Waals surface area contributed by atoms with Crippen molar-refractivity contribution in [2.45, 2.75) is 6.92 Å². The van der Waals surface area contributed by atoms with Gasteiger partial charge < -0.3 is 4.74 Å². The van der Waals surface area contributed by atoms with Crippen LogP contribution in [0.3, 0.4) is 0 Å². The molecule has 0 aromatic carbocycles. The Morgan fingerprint density at radius 3 is 2.50 bits per heavy atom. The molecule has 0 amide bonds. The number of methoxy groups -OCH3 is 1. The molecule has 1 heterocycles. The van der Waals surface area contributed by atoms with Crippen molar-refractivity contribution in [3.8, 4) is 0 Å². The topological polar surface area (TPSA) is 56.3 Å². The van der Waals surface area contributed by atoms with E-state index in [9.17, 15) is 14.0 Å². The first-order chi connectivity index (χ1) is 6.56. The molecule has 0 bridgehead atoms. The van der Waals surface area contributed by atoms with Gasteiger partial charge in [-0.25, -0.2) is 9.78 Å². The van der Waals surface area contributed by atoms with Gasteiger partial charge in [0.1, 0.15) is 0 Å². The second kappa shape index (κ2) is 3.95. The summed E-state index contributed by atoms with van der Waals surface area (Å²) in [5, 5.41) is 0. The fourth-order valence-electron chi connectivity index (χ4n) is 0.915. The second-order valence-electron chi connectivity index (χ2n) is 2.58. The number of esters is 1. The zero-order valence-corrected chi connectivity index (χ0v) is 7.70. The van der Waals surface area contributed by atoms with E-state index >= 15 is 0 Å². The highest BCUT2D eigenvalue weighted by Crippen LogP contribution is 2.07. The van der Waals surface area contributed by atoms with Gasteiger partial charge in [0, 0.05) is 0 Å². The number of hydrogen-bond donors (Lipinski definition) is 0. The van der Waals surface area contributed by atoms with E-state index in [-0.39, 0.29) is 11.3 Å². The van der Waals surface area contributed by atoms with Gasteiger partial charge in [-0.15, -0.1) is 0 Å². The van der Waals surface area contributed by atoms with Gasteiger partial charge in [0.05, 0.1) is 12.7 Å². The zero-order chi connectivity index (χ0) is 10.7. The highest BCUT2D eigenvalue weighted by Gasteiger charge is 2.13. The summed E-state index contributed by atoms with van der Waals surface area (Å²) in [5.74, 6) is -2.13. The number of halogens is 1. The van der Waals surface area contributed by atoms with E-state index in [1.54, 1.807) is 0 Å². The van der Waals surface area contributed by atoms with Crippen molar-refractivity contribution in [2.75, 3.05) is 7.11 Å². The minimum absolute atomic E-state index is 0.141. The zero-order valence-electron chi connectivity index (χ0n) is 7.70. The van der Waals surface area contributed by atoms with Gasteiger partial charge in [-0.2, -0.15) is 4.39 Å². The Balaban J connectivity index is 3.12. The first kappa shape index (κ1) is 10.3. The normalized spacial score (nSPS) is 9.64. The van der Waals surface area contributed by atoms with Gasteiger partial charge in [0.15, 0.2) is 11.5 Å². The summed E-state index contributed by atoms with van der Waals surface area (Å²) in [5.41, 5.74) is -0.298. The molecule has 0 aliphatic carbocycles. The maximum absolute atomic E-state index is 13.1. The van der Waals surface area contributed by atoms with Gasteiger partial charge in [0.25, 0.3) is 0 Å². The number of nitrogens with zero attached hydrogens (tertiary/aromatic N) is 1. The van der Waals surface area contributed by atoms with Crippen LogP contribution in [0.2, 0.25) is 0 Å². The van der Waals surface area contributed by atoms with Crippen LogP contribution >= 0.6 is 0 Å². The van der Waals surface area contributed by atoms with E-state index in [1.807, 2.05) is 0 Å². The molecule has 0 aliphatic heterocycles. The Labute approximate surface area is 79.7 Å². The van der Waals surface area contributed by atoms with Crippen molar-refractivity contribution in [3.63, 3.8) is 0 Å². The van der Waals surface area contributed by atoms with Crippen molar-refractivity contribution in [1.29, 1.82) is 0 Å². The van der Waals surface area contributed by atoms with E-state index < -0.39 is 17.7 Å². The van der Waals surface area contributed by atoms with Gasteiger partial charge in [-0.1, -0.05) is 0 Å². The summed E-state index contributed by atoms with van der Waals surface area (Å²) in [6.07, 6.45) is 0. The van der Waals surface area contributed by atoms with Crippen molar-refractivity contribution in [3.05, 3.63) is 29.3 Å². The first-order valence-electron chi connectivity index (χ1n) is 3.82. The lowest BCUT2D eigenvalue weighted by atomic mass is 10.2. The molecule has 5 heteroatoms. The molecule has 4 nitrogen and oxygen atoms in total. The number of ketones is 1. The highest BCUT2D eigenvalue weighted by atomic mass is 19.1. The quantitative estimate of drug-likeness (QED) is 0.406. The molecule has 74 valence electrons. The fourth-order valence-corrected chi connectivity index (χ4v) is 0.915. The Morgan fingerprint density at radius 2 is 2.07 bits per heavy atom. The van der Waals surface area contributed by atoms with Gasteiger partial charge in [-0.05, 0) is 19.1 Å². The molecule has 0 saturated carbocycles. The predicted octanol–water partition coefficient (Wildman–Crippen LogP) is 1.21. The Bertz CT molecular complexity index is 390. The SMILES string of the molecule is COC(=O)c1ccc(C(C)=O)c(F)n1. The number of carbonyl (C=O) groups is 2. The minimum atomic E-state index is -0.958. The summed E-state index contributed by atoms with van der Waals surface area (Å²) in [4.78, 5) is 25.0. The molecular formula is C9H8FNO3. The number of carbonyl (C=O) groups excluding carboxylic acids is 2. The van der Waals surface area contributed by atoms with E-state index in [2.05, 4.69) is 9.72 Å². The molecule has 0 N–H and O–H groups in total. The smallest absolute Gasteiger partial charge is 0.356 e. The van der Waals surface area contributed by atoms with Crippen molar-refractivity contribution in [1.82, 2.24) is 4.98 Å². The summed E-state index contributed by atoms with van der Waals surface area (Å²) in [6.45, 7) is 1.22. The van der Waals surface area contributed by atoms with Crippen LogP contribution in [0.15, 0.2) is 12.1 Å². The molecule has 0 atom stereocenters. The summed E-state index contributed by atoms with van der Waals surface area (Å²) >= 11 is 0. The van der Waals surface area contributed by atoms with Crippen LogP contribution in [0.1, 0.15) is 27.8 Å². The van der Waals surface area contributed by atoms with E-state index in [1.165, 1.54) is 26.2 Å². The average Bonchev–Trinajstić information content (AvgIpc) is 2.15. The largest absolute Gasteiger partial charge is 0.464 e. The van der Waals surface area contributed by atoms with Crippen LogP contribution < -0.4 is 0 Å². The monoisotopic (exact) mass is 197 g/mol. The molecule has 0 unspecified atom stereocenters. The number of Topliss-reactive ketones (excluding diaryl/α,β-unsaturated/α-hetero) is 1. The summed E-state index contributed by atoms with van der Waals surface area (Å²) < 4.78 is 17.4. The number of aromatic nitrogens is 1. The number of rotatable bonds is 2. The van der Waals surface area contributed by atoms with Crippen molar-refractivity contribution >= 4 is 11.8 Å². The summed E-state index contributed by atoms with van der Waals surface area (Å²) in [7, 11) is 1.17. The molecule has 0 aliphatic rings. The molecule has 1 rings (SSSR count). The Kier molecular flexibility index (Phi) is 2.91. The second-order valence-corrected chi connectivity index (χ2v) is 2.58. The van der Waals surface area contributed by atoms with Crippen LogP contribution in [-0.2, 0) is 4.74 Å². The number of ether oxygens (including phenoxy) is 1. The van der Waals surface area contributed by atoms with Crippen LogP contribution in [0.25, 0.3) is 0 Å². The first-order valence-corrected chi connectivity index (χ1v) is 3.82. The third-order valence-corrected chi connectivity index (χ3v) is 1.62. The number of hydrogen-bond acceptors (Lipinski definition) is 4. The molecule has 0 saturated heterocycles. The highest BCUT2D eigenvalue weighted by molar-refractivity contribution is 5.95. The third kappa shape index (κ3) is 1.93. The molecule has 0 fully saturated rings. The summed E-state index contributed by atoms with van der Waals surface area (Å²) in [6, 6.07) is 2.45. The molecule has 0 spiro atoms. The molecular weight excluding hydrogens is 189 g/mol. The van der Waals surface area contributed by atoms with E-state index in [0.29, 0.717) is 0 Å². The van der Waals surface area contributed by atoms with Gasteiger partial charge in [0.2, 0.25) is 5.95 Å². The molecule has 1 aromatic heterocycles. The van der Waals surface area contributed by atoms with E-state index in [4.69, 9.17) is 0 Å². The Hall–Kier alpha value is -1.78. The van der Waals surface area contributed by atoms with Crippen molar-refractivity contribution in [2.24, 2.45) is 0 Å². The van der Waals surface area contributed by atoms with Gasteiger partial charge >= 0.3 is 5.97 Å². The predicted molar refractivity (Wildman–Crippen MR) is 45.5 cm³/mol. The Morgan fingerprint density at radius 1 is 1.43 bits per heavy atom. The van der Waals surface area contributed by atoms with E-state index in [0.717, 1.165) is 0 Å². The lowest BCUT2D eigenvalue weighted by molar-refractivity contribution is 0.0592. The molecule has 0 radical (unpaired) electrons. The van der Waals surface area contributed by atoms with Crippen molar-refractivity contribution < 1.29 is 18.7 Å². The van der Waals surface area contributed by atoms with Crippen LogP contribution in [0, 0.1) is 5.95 Å². The average molecular weight is 197 g/mol. The molecule has 14 heavy (non-hydrogen) atoms. The lowest BCUT2D eigenvalue weighted by Crippen LogP contribution is -2.08. The van der Waals surface area contributed by atoms with Gasteiger partial charge in [-0.3, -0.25) is 4.79 Å². The van der Waals surface area contributed by atoms with Crippen LogP contribution in [0.4, 0.5) is 4.39 Å². The fraction of sp³-hybridized carbons (Fsp3) is 0.222. The standard InChI is InChI=1S/C9H8FNO3/c1-5(12)6-3-4-7(9(13)14-2)11-8(6)10/h3-4H,1-2H3. The van der Waals surface area contributed by atoms with Crippen LogP contribution in [0.5, 0.6) is 0 Å². The minimum Gasteiger partial charge on any atom is -0.464 e. The van der Waals surface area contributed by atoms with Crippen LogP contribution in [-0.4, -0.2) is 23.8 Å². The molecule has 1 aromatic rings. The maximum Gasteiger partial charge on any atom is 0.356 e. The number of pyridine rings is 1.